The fourth-order valence-corrected chi connectivity index (χ4v) is 4.95. The number of aryl methyl sites for hydroxylation is 1. The van der Waals surface area contributed by atoms with E-state index in [-0.39, 0.29) is 12.2 Å². The molecule has 1 saturated heterocycles. The zero-order valence-electron chi connectivity index (χ0n) is 20.4. The number of aromatic nitrogens is 3. The summed E-state index contributed by atoms with van der Waals surface area (Å²) in [5, 5.41) is 9.59. The van der Waals surface area contributed by atoms with Crippen molar-refractivity contribution in [3.63, 3.8) is 0 Å². The number of hydrogen-bond donors (Lipinski definition) is 1. The van der Waals surface area contributed by atoms with E-state index >= 15 is 0 Å². The third-order valence-electron chi connectivity index (χ3n) is 6.81. The molecule has 1 N–H and O–H groups in total. The lowest BCUT2D eigenvalue weighted by atomic mass is 9.99. The lowest BCUT2D eigenvalue weighted by Gasteiger charge is -2.29. The number of aliphatic hydroxyl groups is 1. The molecule has 0 spiro atoms. The summed E-state index contributed by atoms with van der Waals surface area (Å²) in [6.07, 6.45) is 5.74. The van der Waals surface area contributed by atoms with Crippen LogP contribution in [0.1, 0.15) is 24.0 Å². The molecule has 0 amide bonds. The summed E-state index contributed by atoms with van der Waals surface area (Å²) in [5.74, 6) is 0.353. The van der Waals surface area contributed by atoms with Gasteiger partial charge in [0.1, 0.15) is 5.82 Å². The van der Waals surface area contributed by atoms with Gasteiger partial charge in [-0.1, -0.05) is 24.3 Å². The standard InChI is InChI=1S/C28H28FN5O2/c1-18-13-21(14-24(29)23(18)16-35)26-25(20-6-8-22(30-2)9-7-20)32-28(27-31-10-12-34(26)27)36-17-19-5-4-11-33(3)15-19/h6-10,12-14,19,35H,4-5,11,15-17H2,1,3H3/t19-/m1/s1. The number of nitrogens with zero attached hydrogens (tertiary/aromatic N) is 5. The minimum atomic E-state index is -0.475. The number of piperidine rings is 1. The molecule has 1 aliphatic rings. The van der Waals surface area contributed by atoms with Crippen molar-refractivity contribution >= 4 is 11.3 Å². The molecule has 0 saturated carbocycles. The molecule has 7 nitrogen and oxygen atoms in total. The molecule has 1 fully saturated rings. The SMILES string of the molecule is [C-]#[N+]c1ccc(-c2nc(OC[C@@H]3CCCN(C)C3)c3nccn3c2-c2cc(C)c(CO)c(F)c2)cc1. The molecule has 0 aliphatic carbocycles. The van der Waals surface area contributed by atoms with E-state index in [0.717, 1.165) is 31.5 Å². The fraction of sp³-hybridized carbons (Fsp3) is 0.321. The van der Waals surface area contributed by atoms with E-state index in [1.165, 1.54) is 6.07 Å². The number of imidazole rings is 1. The third-order valence-corrected chi connectivity index (χ3v) is 6.81. The molecule has 0 radical (unpaired) electrons. The lowest BCUT2D eigenvalue weighted by Crippen LogP contribution is -2.34. The average molecular weight is 486 g/mol. The van der Waals surface area contributed by atoms with Crippen molar-refractivity contribution < 1.29 is 14.2 Å². The van der Waals surface area contributed by atoms with Crippen LogP contribution < -0.4 is 4.74 Å². The van der Waals surface area contributed by atoms with E-state index in [1.54, 1.807) is 25.3 Å². The van der Waals surface area contributed by atoms with Crippen LogP contribution in [0.15, 0.2) is 48.8 Å². The van der Waals surface area contributed by atoms with Crippen LogP contribution in [0.25, 0.3) is 33.0 Å². The Bertz CT molecular complexity index is 1420. The predicted octanol–water partition coefficient (Wildman–Crippen LogP) is 5.27. The van der Waals surface area contributed by atoms with Gasteiger partial charge in [0.15, 0.2) is 5.69 Å². The minimum Gasteiger partial charge on any atom is -0.475 e. The molecule has 1 atom stereocenters. The van der Waals surface area contributed by atoms with E-state index in [4.69, 9.17) is 16.3 Å². The fourth-order valence-electron chi connectivity index (χ4n) is 4.95. The van der Waals surface area contributed by atoms with Gasteiger partial charge in [-0.3, -0.25) is 4.40 Å². The second-order valence-electron chi connectivity index (χ2n) is 9.39. The van der Waals surface area contributed by atoms with Gasteiger partial charge in [0, 0.05) is 36.0 Å². The molecule has 184 valence electrons. The second-order valence-corrected chi connectivity index (χ2v) is 9.39. The average Bonchev–Trinajstić information content (AvgIpc) is 3.37. The van der Waals surface area contributed by atoms with E-state index in [2.05, 4.69) is 21.8 Å². The number of fused-ring (bicyclic) bond motifs is 1. The quantitative estimate of drug-likeness (QED) is 0.377. The molecular weight excluding hydrogens is 457 g/mol. The minimum absolute atomic E-state index is 0.272. The van der Waals surface area contributed by atoms with Crippen LogP contribution in [0.2, 0.25) is 0 Å². The molecule has 0 bridgehead atoms. The van der Waals surface area contributed by atoms with Crippen molar-refractivity contribution in [1.29, 1.82) is 0 Å². The highest BCUT2D eigenvalue weighted by Gasteiger charge is 2.23. The molecule has 1 aliphatic heterocycles. The van der Waals surface area contributed by atoms with Gasteiger partial charge in [-0.2, -0.15) is 0 Å². The van der Waals surface area contributed by atoms with Crippen LogP contribution >= 0.6 is 0 Å². The highest BCUT2D eigenvalue weighted by atomic mass is 19.1. The summed E-state index contributed by atoms with van der Waals surface area (Å²) in [4.78, 5) is 15.2. The molecule has 2 aromatic carbocycles. The van der Waals surface area contributed by atoms with E-state index in [1.807, 2.05) is 28.8 Å². The van der Waals surface area contributed by atoms with E-state index in [0.29, 0.717) is 52.3 Å². The Labute approximate surface area is 209 Å². The topological polar surface area (TPSA) is 67.2 Å². The Kier molecular flexibility index (Phi) is 6.68. The highest BCUT2D eigenvalue weighted by molar-refractivity contribution is 5.82. The highest BCUT2D eigenvalue weighted by Crippen LogP contribution is 2.37. The van der Waals surface area contributed by atoms with Crippen molar-refractivity contribution in [3.8, 4) is 28.4 Å². The first kappa shape index (κ1) is 23.9. The number of ether oxygens (including phenoxy) is 1. The number of halogens is 1. The van der Waals surface area contributed by atoms with Crippen LogP contribution in [0.4, 0.5) is 10.1 Å². The molecule has 36 heavy (non-hydrogen) atoms. The van der Waals surface area contributed by atoms with Gasteiger partial charge >= 0.3 is 0 Å². The van der Waals surface area contributed by atoms with Crippen LogP contribution in [-0.4, -0.2) is 51.1 Å². The monoisotopic (exact) mass is 485 g/mol. The maximum Gasteiger partial charge on any atom is 0.259 e. The number of hydrogen-bond acceptors (Lipinski definition) is 5. The number of rotatable bonds is 6. The first-order valence-electron chi connectivity index (χ1n) is 12.0. The second kappa shape index (κ2) is 10.1. The number of likely N-dealkylation sites (tertiary alicyclic amines) is 1. The maximum absolute atomic E-state index is 14.9. The Hall–Kier alpha value is -3.80. The summed E-state index contributed by atoms with van der Waals surface area (Å²) in [6, 6.07) is 10.4. The summed E-state index contributed by atoms with van der Waals surface area (Å²) < 4.78 is 23.1. The van der Waals surface area contributed by atoms with Crippen LogP contribution in [-0.2, 0) is 6.61 Å². The predicted molar refractivity (Wildman–Crippen MR) is 136 cm³/mol. The van der Waals surface area contributed by atoms with Crippen molar-refractivity contribution in [2.45, 2.75) is 26.4 Å². The lowest BCUT2D eigenvalue weighted by molar-refractivity contribution is 0.148. The molecule has 0 unspecified atom stereocenters. The van der Waals surface area contributed by atoms with E-state index < -0.39 is 5.82 Å². The van der Waals surface area contributed by atoms with Gasteiger partial charge in [-0.25, -0.2) is 19.2 Å². The van der Waals surface area contributed by atoms with Gasteiger partial charge in [-0.15, -0.1) is 0 Å². The van der Waals surface area contributed by atoms with Crippen LogP contribution in [0.3, 0.4) is 0 Å². The normalized spacial score (nSPS) is 16.2. The van der Waals surface area contributed by atoms with Crippen molar-refractivity contribution in [2.75, 3.05) is 26.7 Å². The smallest absolute Gasteiger partial charge is 0.259 e. The molecule has 3 heterocycles. The molecule has 5 rings (SSSR count). The molecular formula is C28H28FN5O2. The zero-order chi connectivity index (χ0) is 25.2. The Morgan fingerprint density at radius 1 is 1.22 bits per heavy atom. The van der Waals surface area contributed by atoms with Crippen molar-refractivity contribution in [2.24, 2.45) is 5.92 Å². The van der Waals surface area contributed by atoms with E-state index in [9.17, 15) is 9.50 Å². The van der Waals surface area contributed by atoms with Crippen molar-refractivity contribution in [1.82, 2.24) is 19.3 Å². The maximum atomic E-state index is 14.9. The Balaban J connectivity index is 1.66. The van der Waals surface area contributed by atoms with Crippen molar-refractivity contribution in [3.05, 3.63) is 77.2 Å². The Morgan fingerprint density at radius 2 is 2.03 bits per heavy atom. The summed E-state index contributed by atoms with van der Waals surface area (Å²) in [5.41, 5.74) is 4.65. The van der Waals surface area contributed by atoms with Crippen LogP contribution in [0, 0.1) is 25.2 Å². The Morgan fingerprint density at radius 3 is 2.72 bits per heavy atom. The van der Waals surface area contributed by atoms with Gasteiger partial charge in [0.25, 0.3) is 5.88 Å². The first-order valence-corrected chi connectivity index (χ1v) is 12.0. The molecule has 4 aromatic rings. The summed E-state index contributed by atoms with van der Waals surface area (Å²) >= 11 is 0. The van der Waals surface area contributed by atoms with Gasteiger partial charge in [-0.05, 0) is 56.6 Å². The summed E-state index contributed by atoms with van der Waals surface area (Å²) in [7, 11) is 2.13. The van der Waals surface area contributed by atoms with Crippen LogP contribution in [0.5, 0.6) is 5.88 Å². The number of aliphatic hydroxyl groups excluding tert-OH is 1. The molecule has 8 heteroatoms. The largest absolute Gasteiger partial charge is 0.475 e. The first-order chi connectivity index (χ1) is 17.5. The summed E-state index contributed by atoms with van der Waals surface area (Å²) in [6.45, 7) is 11.3. The third kappa shape index (κ3) is 4.55. The van der Waals surface area contributed by atoms with Gasteiger partial charge < -0.3 is 14.7 Å². The number of benzene rings is 2. The molecule has 2 aromatic heterocycles. The van der Waals surface area contributed by atoms with Gasteiger partial charge in [0.05, 0.1) is 31.2 Å². The van der Waals surface area contributed by atoms with Gasteiger partial charge in [0.2, 0.25) is 5.65 Å². The zero-order valence-corrected chi connectivity index (χ0v) is 20.4.